The minimum Gasteiger partial charge on any atom is -0.349 e. The number of nitrogens with one attached hydrogen (secondary N) is 1. The van der Waals surface area contributed by atoms with Gasteiger partial charge in [0.1, 0.15) is 0 Å². The van der Waals surface area contributed by atoms with Gasteiger partial charge in [-0.05, 0) is 54.0 Å². The Hall–Kier alpha value is -0.620. The van der Waals surface area contributed by atoms with E-state index in [1.54, 1.807) is 0 Å². The number of benzene rings is 1. The number of aryl methyl sites for hydroxylation is 1. The number of nitrogens with two attached hydrogens (primary N) is 1. The predicted molar refractivity (Wildman–Crippen MR) is 72.4 cm³/mol. The van der Waals surface area contributed by atoms with Gasteiger partial charge in [-0.1, -0.05) is 12.1 Å². The first kappa shape index (κ1) is 11.9. The second-order valence-electron chi connectivity index (χ2n) is 4.34. The van der Waals surface area contributed by atoms with Crippen molar-refractivity contribution < 1.29 is 4.79 Å². The molecule has 4 heteroatoms. The van der Waals surface area contributed by atoms with Crippen LogP contribution >= 0.6 is 22.6 Å². The molecule has 0 unspecified atom stereocenters. The number of halogens is 1. The molecule has 0 atom stereocenters. The molecule has 1 saturated carbocycles. The Morgan fingerprint density at radius 3 is 2.81 bits per heavy atom. The number of hydrogen-bond acceptors (Lipinski definition) is 2. The van der Waals surface area contributed by atoms with Gasteiger partial charge in [0.2, 0.25) is 0 Å². The summed E-state index contributed by atoms with van der Waals surface area (Å²) in [6.07, 6.45) is 1.79. The molecule has 0 heterocycles. The van der Waals surface area contributed by atoms with Crippen LogP contribution < -0.4 is 11.1 Å². The lowest BCUT2D eigenvalue weighted by Crippen LogP contribution is -2.50. The second-order valence-corrected chi connectivity index (χ2v) is 5.42. The van der Waals surface area contributed by atoms with Crippen LogP contribution in [0, 0.1) is 10.5 Å². The molecule has 1 aromatic rings. The lowest BCUT2D eigenvalue weighted by Gasteiger charge is -2.33. The van der Waals surface area contributed by atoms with E-state index in [9.17, 15) is 4.79 Å². The molecule has 1 fully saturated rings. The van der Waals surface area contributed by atoms with Gasteiger partial charge < -0.3 is 11.1 Å². The largest absolute Gasteiger partial charge is 0.349 e. The maximum Gasteiger partial charge on any atom is 0.252 e. The van der Waals surface area contributed by atoms with Gasteiger partial charge in [-0.25, -0.2) is 0 Å². The van der Waals surface area contributed by atoms with Crippen molar-refractivity contribution in [1.82, 2.24) is 5.32 Å². The van der Waals surface area contributed by atoms with Crippen LogP contribution in [0.3, 0.4) is 0 Å². The third-order valence-corrected chi connectivity index (χ3v) is 4.38. The first-order valence-corrected chi connectivity index (χ1v) is 6.47. The van der Waals surface area contributed by atoms with Crippen LogP contribution in [0.2, 0.25) is 0 Å². The molecule has 0 spiro atoms. The van der Waals surface area contributed by atoms with E-state index >= 15 is 0 Å². The van der Waals surface area contributed by atoms with Gasteiger partial charge in [-0.2, -0.15) is 0 Å². The zero-order chi connectivity index (χ0) is 11.7. The van der Waals surface area contributed by atoms with Gasteiger partial charge >= 0.3 is 0 Å². The predicted octanol–water partition coefficient (Wildman–Crippen LogP) is 1.82. The van der Waals surface area contributed by atoms with Gasteiger partial charge in [0.25, 0.3) is 5.91 Å². The monoisotopic (exact) mass is 330 g/mol. The van der Waals surface area contributed by atoms with Crippen LogP contribution in [-0.4, -0.2) is 18.0 Å². The molecule has 0 saturated heterocycles. The summed E-state index contributed by atoms with van der Waals surface area (Å²) in [4.78, 5) is 12.0. The number of hydrogen-bond donors (Lipinski definition) is 2. The zero-order valence-electron chi connectivity index (χ0n) is 9.16. The van der Waals surface area contributed by atoms with Crippen LogP contribution in [0.5, 0.6) is 0 Å². The minimum absolute atomic E-state index is 0.0185. The molecule has 3 N–H and O–H groups in total. The van der Waals surface area contributed by atoms with Gasteiger partial charge in [0, 0.05) is 15.7 Å². The van der Waals surface area contributed by atoms with Gasteiger partial charge in [-0.15, -0.1) is 0 Å². The van der Waals surface area contributed by atoms with Gasteiger partial charge in [-0.3, -0.25) is 4.79 Å². The molecule has 0 aromatic heterocycles. The van der Waals surface area contributed by atoms with E-state index in [1.807, 2.05) is 25.1 Å². The Morgan fingerprint density at radius 2 is 2.19 bits per heavy atom. The quantitative estimate of drug-likeness (QED) is 0.813. The average Bonchev–Trinajstić information content (AvgIpc) is 2.19. The number of rotatable bonds is 2. The summed E-state index contributed by atoms with van der Waals surface area (Å²) < 4.78 is 1.03. The molecule has 86 valence electrons. The number of amides is 1. The summed E-state index contributed by atoms with van der Waals surface area (Å²) >= 11 is 2.22. The van der Waals surface area contributed by atoms with E-state index in [0.717, 1.165) is 27.5 Å². The Balaban J connectivity index is 2.06. The summed E-state index contributed by atoms with van der Waals surface area (Å²) in [5.74, 6) is 0.0185. The van der Waals surface area contributed by atoms with Crippen molar-refractivity contribution in [2.45, 2.75) is 31.8 Å². The first-order valence-electron chi connectivity index (χ1n) is 5.39. The fourth-order valence-corrected chi connectivity index (χ4v) is 2.47. The molecule has 0 aliphatic heterocycles. The molecule has 1 aromatic carbocycles. The molecule has 1 aliphatic rings. The minimum atomic E-state index is 0.0185. The summed E-state index contributed by atoms with van der Waals surface area (Å²) in [5.41, 5.74) is 7.59. The van der Waals surface area contributed by atoms with Crippen LogP contribution in [0.4, 0.5) is 0 Å². The molecule has 0 bridgehead atoms. The highest BCUT2D eigenvalue weighted by molar-refractivity contribution is 14.1. The SMILES string of the molecule is Cc1cccc(C(=O)NC2CC(N)C2)c1I. The van der Waals surface area contributed by atoms with Crippen molar-refractivity contribution >= 4 is 28.5 Å². The molecule has 2 rings (SSSR count). The van der Waals surface area contributed by atoms with Crippen molar-refractivity contribution in [2.75, 3.05) is 0 Å². The van der Waals surface area contributed by atoms with Crippen LogP contribution in [0.1, 0.15) is 28.8 Å². The van der Waals surface area contributed by atoms with Crippen molar-refractivity contribution in [1.29, 1.82) is 0 Å². The van der Waals surface area contributed by atoms with Crippen LogP contribution in [-0.2, 0) is 0 Å². The highest BCUT2D eigenvalue weighted by Gasteiger charge is 2.27. The molecule has 0 radical (unpaired) electrons. The second kappa shape index (κ2) is 4.71. The van der Waals surface area contributed by atoms with Gasteiger partial charge in [0.05, 0.1) is 5.56 Å². The summed E-state index contributed by atoms with van der Waals surface area (Å²) in [6, 6.07) is 6.32. The molecule has 16 heavy (non-hydrogen) atoms. The third-order valence-electron chi connectivity index (χ3n) is 2.95. The Labute approximate surface area is 109 Å². The summed E-state index contributed by atoms with van der Waals surface area (Å²) in [5, 5.41) is 3.01. The number of carbonyl (C=O) groups is 1. The maximum atomic E-state index is 12.0. The molecule has 1 aliphatic carbocycles. The first-order chi connectivity index (χ1) is 7.58. The fraction of sp³-hybridized carbons (Fsp3) is 0.417. The van der Waals surface area contributed by atoms with Crippen LogP contribution in [0.15, 0.2) is 18.2 Å². The normalized spacial score (nSPS) is 23.7. The summed E-state index contributed by atoms with van der Waals surface area (Å²) in [7, 11) is 0. The van der Waals surface area contributed by atoms with E-state index in [1.165, 1.54) is 0 Å². The maximum absolute atomic E-state index is 12.0. The van der Waals surface area contributed by atoms with E-state index in [-0.39, 0.29) is 18.0 Å². The van der Waals surface area contributed by atoms with Crippen molar-refractivity contribution in [3.05, 3.63) is 32.9 Å². The topological polar surface area (TPSA) is 55.1 Å². The van der Waals surface area contributed by atoms with E-state index in [0.29, 0.717) is 0 Å². The lowest BCUT2D eigenvalue weighted by molar-refractivity contribution is 0.0909. The molecule has 3 nitrogen and oxygen atoms in total. The highest BCUT2D eigenvalue weighted by Crippen LogP contribution is 2.20. The Morgan fingerprint density at radius 1 is 1.50 bits per heavy atom. The zero-order valence-corrected chi connectivity index (χ0v) is 11.3. The number of carbonyl (C=O) groups excluding carboxylic acids is 1. The Kier molecular flexibility index (Phi) is 3.49. The standard InChI is InChI=1S/C12H15IN2O/c1-7-3-2-4-10(11(7)13)12(16)15-9-5-8(14)6-9/h2-4,8-9H,5-6,14H2,1H3,(H,15,16). The van der Waals surface area contributed by atoms with E-state index < -0.39 is 0 Å². The van der Waals surface area contributed by atoms with Gasteiger partial charge in [0.15, 0.2) is 0 Å². The van der Waals surface area contributed by atoms with E-state index in [4.69, 9.17) is 5.73 Å². The fourth-order valence-electron chi connectivity index (χ4n) is 1.87. The van der Waals surface area contributed by atoms with Crippen molar-refractivity contribution in [3.63, 3.8) is 0 Å². The average molecular weight is 330 g/mol. The Bertz CT molecular complexity index is 413. The van der Waals surface area contributed by atoms with Crippen molar-refractivity contribution in [3.8, 4) is 0 Å². The van der Waals surface area contributed by atoms with Crippen molar-refractivity contribution in [2.24, 2.45) is 5.73 Å². The highest BCUT2D eigenvalue weighted by atomic mass is 127. The lowest BCUT2D eigenvalue weighted by atomic mass is 9.87. The molecular weight excluding hydrogens is 315 g/mol. The third kappa shape index (κ3) is 2.38. The summed E-state index contributed by atoms with van der Waals surface area (Å²) in [6.45, 7) is 2.01. The smallest absolute Gasteiger partial charge is 0.252 e. The molecular formula is C12H15IN2O. The van der Waals surface area contributed by atoms with Crippen LogP contribution in [0.25, 0.3) is 0 Å². The molecule has 1 amide bonds. The van der Waals surface area contributed by atoms with E-state index in [2.05, 4.69) is 27.9 Å².